The van der Waals surface area contributed by atoms with Crippen molar-refractivity contribution in [1.82, 2.24) is 5.32 Å². The highest BCUT2D eigenvalue weighted by Crippen LogP contribution is 2.41. The molecule has 19 heavy (non-hydrogen) atoms. The van der Waals surface area contributed by atoms with E-state index in [0.29, 0.717) is 12.8 Å². The largest absolute Gasteiger partial charge is 0.392 e. The third-order valence-electron chi connectivity index (χ3n) is 3.40. The third-order valence-corrected chi connectivity index (χ3v) is 3.40. The number of carbonyl (C=O) groups excluding carboxylic acids is 1. The Morgan fingerprint density at radius 2 is 1.95 bits per heavy atom. The molecule has 1 saturated carbocycles. The third kappa shape index (κ3) is 6.47. The minimum absolute atomic E-state index is 0. The molecule has 3 nitrogen and oxygen atoms in total. The number of nitrogens with one attached hydrogen (secondary N) is 1. The van der Waals surface area contributed by atoms with Crippen LogP contribution in [0.25, 0.3) is 0 Å². The van der Waals surface area contributed by atoms with Crippen molar-refractivity contribution in [2.45, 2.75) is 51.2 Å². The number of hydrogen-bond acceptors (Lipinski definition) is 2. The van der Waals surface area contributed by atoms with Crippen molar-refractivity contribution in [3.05, 3.63) is 0 Å². The fourth-order valence-electron chi connectivity index (χ4n) is 2.49. The molecule has 0 aromatic carbocycles. The number of alkyl halides is 3. The Kier molecular flexibility index (Phi) is 7.74. The highest BCUT2D eigenvalue weighted by atomic mass is 35.5. The minimum atomic E-state index is -4.16. The lowest BCUT2D eigenvalue weighted by atomic mass is 9.78. The summed E-state index contributed by atoms with van der Waals surface area (Å²) in [6.07, 6.45) is -1.87. The molecule has 0 bridgehead atoms. The highest BCUT2D eigenvalue weighted by molar-refractivity contribution is 5.85. The summed E-state index contributed by atoms with van der Waals surface area (Å²) >= 11 is 0. The Bertz CT molecular complexity index is 285. The molecule has 3 atom stereocenters. The van der Waals surface area contributed by atoms with Gasteiger partial charge in [-0.15, -0.1) is 12.4 Å². The molecule has 0 aromatic heterocycles. The van der Waals surface area contributed by atoms with E-state index in [0.717, 1.165) is 6.42 Å². The summed E-state index contributed by atoms with van der Waals surface area (Å²) in [5, 5.41) is 2.57. The highest BCUT2D eigenvalue weighted by Gasteiger charge is 2.45. The van der Waals surface area contributed by atoms with Gasteiger partial charge in [0.15, 0.2) is 0 Å². The van der Waals surface area contributed by atoms with Crippen LogP contribution in [0.3, 0.4) is 0 Å². The van der Waals surface area contributed by atoms with E-state index in [2.05, 4.69) is 5.32 Å². The first kappa shape index (κ1) is 18.5. The van der Waals surface area contributed by atoms with Crippen LogP contribution in [0.15, 0.2) is 0 Å². The summed E-state index contributed by atoms with van der Waals surface area (Å²) in [6.45, 7) is 1.80. The maximum absolute atomic E-state index is 12.8. The van der Waals surface area contributed by atoms with Crippen LogP contribution in [0.5, 0.6) is 0 Å². The van der Waals surface area contributed by atoms with Crippen LogP contribution in [0.1, 0.15) is 39.0 Å². The first-order valence-electron chi connectivity index (χ1n) is 6.39. The number of carbonyl (C=O) groups is 1. The van der Waals surface area contributed by atoms with Gasteiger partial charge in [0.05, 0.1) is 5.92 Å². The van der Waals surface area contributed by atoms with E-state index in [4.69, 9.17) is 5.73 Å². The van der Waals surface area contributed by atoms with Crippen molar-refractivity contribution in [2.75, 3.05) is 6.54 Å². The molecule has 3 N–H and O–H groups in total. The fraction of sp³-hybridized carbons (Fsp3) is 0.917. The summed E-state index contributed by atoms with van der Waals surface area (Å²) in [7, 11) is 0. The van der Waals surface area contributed by atoms with E-state index >= 15 is 0 Å². The Labute approximate surface area is 117 Å². The molecule has 1 fully saturated rings. The lowest BCUT2D eigenvalue weighted by Gasteiger charge is -2.33. The van der Waals surface area contributed by atoms with Crippen LogP contribution in [0, 0.1) is 11.8 Å². The van der Waals surface area contributed by atoms with Crippen LogP contribution in [-0.4, -0.2) is 24.7 Å². The molecule has 0 aromatic rings. The van der Waals surface area contributed by atoms with E-state index in [1.54, 1.807) is 6.92 Å². The van der Waals surface area contributed by atoms with Gasteiger partial charge in [0.1, 0.15) is 0 Å². The van der Waals surface area contributed by atoms with Gasteiger partial charge in [-0.25, -0.2) is 0 Å². The SMILES string of the molecule is CC(N)CC(=O)NCC1CCCCC1C(F)(F)F.Cl. The van der Waals surface area contributed by atoms with Crippen molar-refractivity contribution in [3.63, 3.8) is 0 Å². The average molecular weight is 303 g/mol. The van der Waals surface area contributed by atoms with Crippen molar-refractivity contribution in [2.24, 2.45) is 17.6 Å². The molecule has 1 aliphatic carbocycles. The maximum Gasteiger partial charge on any atom is 0.392 e. The van der Waals surface area contributed by atoms with Crippen LogP contribution >= 0.6 is 12.4 Å². The van der Waals surface area contributed by atoms with E-state index in [1.807, 2.05) is 0 Å². The minimum Gasteiger partial charge on any atom is -0.356 e. The van der Waals surface area contributed by atoms with Gasteiger partial charge in [-0.1, -0.05) is 12.8 Å². The fourth-order valence-corrected chi connectivity index (χ4v) is 2.49. The summed E-state index contributed by atoms with van der Waals surface area (Å²) in [4.78, 5) is 11.4. The van der Waals surface area contributed by atoms with Gasteiger partial charge in [-0.05, 0) is 25.7 Å². The maximum atomic E-state index is 12.8. The van der Waals surface area contributed by atoms with Crippen molar-refractivity contribution in [3.8, 4) is 0 Å². The second-order valence-corrected chi connectivity index (χ2v) is 5.18. The van der Waals surface area contributed by atoms with E-state index in [-0.39, 0.29) is 43.7 Å². The number of amides is 1. The van der Waals surface area contributed by atoms with E-state index in [9.17, 15) is 18.0 Å². The van der Waals surface area contributed by atoms with Gasteiger partial charge >= 0.3 is 6.18 Å². The molecule has 1 amide bonds. The Hall–Kier alpha value is -0.490. The molecule has 0 spiro atoms. The molecule has 0 radical (unpaired) electrons. The smallest absolute Gasteiger partial charge is 0.356 e. The van der Waals surface area contributed by atoms with E-state index < -0.39 is 18.0 Å². The van der Waals surface area contributed by atoms with Crippen LogP contribution < -0.4 is 11.1 Å². The molecule has 0 saturated heterocycles. The Balaban J connectivity index is 0.00000324. The zero-order chi connectivity index (χ0) is 13.8. The molecule has 3 unspecified atom stereocenters. The summed E-state index contributed by atoms with van der Waals surface area (Å²) in [6, 6.07) is -0.269. The summed E-state index contributed by atoms with van der Waals surface area (Å²) in [5.41, 5.74) is 5.46. The normalized spacial score (nSPS) is 25.3. The number of nitrogens with two attached hydrogens (primary N) is 1. The molecule has 114 valence electrons. The topological polar surface area (TPSA) is 55.1 Å². The lowest BCUT2D eigenvalue weighted by Crippen LogP contribution is -2.41. The predicted molar refractivity (Wildman–Crippen MR) is 70.0 cm³/mol. The quantitative estimate of drug-likeness (QED) is 0.839. The summed E-state index contributed by atoms with van der Waals surface area (Å²) < 4.78 is 38.4. The molecular formula is C12H22ClF3N2O. The molecule has 7 heteroatoms. The predicted octanol–water partition coefficient (Wildman–Crippen LogP) is 2.63. The molecule has 1 rings (SSSR count). The molecule has 0 aliphatic heterocycles. The summed E-state index contributed by atoms with van der Waals surface area (Å²) in [5.74, 6) is -2.03. The van der Waals surface area contributed by atoms with Crippen LogP contribution in [-0.2, 0) is 4.79 Å². The Morgan fingerprint density at radius 1 is 1.37 bits per heavy atom. The second-order valence-electron chi connectivity index (χ2n) is 5.18. The molecular weight excluding hydrogens is 281 g/mol. The lowest BCUT2D eigenvalue weighted by molar-refractivity contribution is -0.195. The average Bonchev–Trinajstić information content (AvgIpc) is 2.24. The first-order valence-corrected chi connectivity index (χ1v) is 6.39. The standard InChI is InChI=1S/C12H21F3N2O.ClH/c1-8(16)6-11(18)17-7-9-4-2-3-5-10(9)12(13,14)15;/h8-10H,2-7,16H2,1H3,(H,17,18);1H. The van der Waals surface area contributed by atoms with E-state index in [1.165, 1.54) is 0 Å². The van der Waals surface area contributed by atoms with Crippen molar-refractivity contribution < 1.29 is 18.0 Å². The van der Waals surface area contributed by atoms with Gasteiger partial charge in [0.25, 0.3) is 0 Å². The monoisotopic (exact) mass is 302 g/mol. The van der Waals surface area contributed by atoms with Crippen LogP contribution in [0.2, 0.25) is 0 Å². The second kappa shape index (κ2) is 7.94. The molecule has 1 aliphatic rings. The van der Waals surface area contributed by atoms with Gasteiger partial charge in [0, 0.05) is 19.0 Å². The van der Waals surface area contributed by atoms with Crippen LogP contribution in [0.4, 0.5) is 13.2 Å². The zero-order valence-corrected chi connectivity index (χ0v) is 11.8. The number of halogens is 4. The van der Waals surface area contributed by atoms with Crippen molar-refractivity contribution in [1.29, 1.82) is 0 Å². The van der Waals surface area contributed by atoms with Crippen molar-refractivity contribution >= 4 is 18.3 Å². The first-order chi connectivity index (χ1) is 8.30. The van der Waals surface area contributed by atoms with Gasteiger partial charge in [-0.3, -0.25) is 4.79 Å². The number of hydrogen-bond donors (Lipinski definition) is 2. The number of rotatable bonds is 4. The molecule has 0 heterocycles. The van der Waals surface area contributed by atoms with Gasteiger partial charge in [-0.2, -0.15) is 13.2 Å². The van der Waals surface area contributed by atoms with Gasteiger partial charge < -0.3 is 11.1 Å². The van der Waals surface area contributed by atoms with Gasteiger partial charge in [0.2, 0.25) is 5.91 Å². The zero-order valence-electron chi connectivity index (χ0n) is 11.0. The Morgan fingerprint density at radius 3 is 2.47 bits per heavy atom.